The number of aromatic nitrogens is 2. The van der Waals surface area contributed by atoms with Gasteiger partial charge in [-0.15, -0.1) is 0 Å². The van der Waals surface area contributed by atoms with Crippen LogP contribution in [-0.4, -0.2) is 15.8 Å². The van der Waals surface area contributed by atoms with Gasteiger partial charge in [0.05, 0.1) is 22.1 Å². The molecule has 0 saturated heterocycles. The second-order valence-corrected chi connectivity index (χ2v) is 26.8. The molecule has 0 unspecified atom stereocenters. The molecule has 17 aromatic rings. The van der Waals surface area contributed by atoms with Gasteiger partial charge in [0.25, 0.3) is 6.71 Å². The lowest BCUT2D eigenvalue weighted by atomic mass is 9.33. The van der Waals surface area contributed by atoms with Crippen LogP contribution in [0.1, 0.15) is 26.3 Å². The van der Waals surface area contributed by atoms with Crippen molar-refractivity contribution in [2.24, 2.45) is 0 Å². The van der Waals surface area contributed by atoms with Crippen LogP contribution in [0.25, 0.3) is 121 Å². The summed E-state index contributed by atoms with van der Waals surface area (Å²) < 4.78 is 4.94. The largest absolute Gasteiger partial charge is 0.311 e. The molecule has 19 rings (SSSR count). The van der Waals surface area contributed by atoms with Crippen LogP contribution in [0.2, 0.25) is 0 Å². The highest BCUT2D eigenvalue weighted by Crippen LogP contribution is 2.50. The van der Waals surface area contributed by atoms with Gasteiger partial charge in [-0.25, -0.2) is 0 Å². The molecule has 0 amide bonds. The topological polar surface area (TPSA) is 16.3 Å². The molecule has 0 bridgehead atoms. The second-order valence-electron chi connectivity index (χ2n) is 26.8. The van der Waals surface area contributed by atoms with E-state index in [1.807, 2.05) is 0 Å². The van der Waals surface area contributed by atoms with Gasteiger partial charge in [0, 0.05) is 67.0 Å². The van der Waals surface area contributed by atoms with Crippen molar-refractivity contribution in [2.75, 3.05) is 9.80 Å². The number of benzene rings is 15. The first kappa shape index (κ1) is 54.8. The average molecular weight is 1210 g/mol. The second kappa shape index (κ2) is 21.3. The maximum absolute atomic E-state index is 2.58. The fraction of sp³-hybridized carbons (Fsp3) is 0.0444. The number of nitrogens with zero attached hydrogens (tertiary/aromatic N) is 4. The summed E-state index contributed by atoms with van der Waals surface area (Å²) in [4.78, 5) is 5.15. The number of hydrogen-bond acceptors (Lipinski definition) is 2. The minimum atomic E-state index is -0.152. The molecular weight excluding hydrogens is 1150 g/mol. The highest BCUT2D eigenvalue weighted by molar-refractivity contribution is 7.00. The lowest BCUT2D eigenvalue weighted by molar-refractivity contribution is 0.590. The predicted molar refractivity (Wildman–Crippen MR) is 405 cm³/mol. The van der Waals surface area contributed by atoms with Gasteiger partial charge >= 0.3 is 0 Å². The Morgan fingerprint density at radius 1 is 0.242 bits per heavy atom. The minimum Gasteiger partial charge on any atom is -0.311 e. The molecule has 0 spiro atoms. The molecule has 95 heavy (non-hydrogen) atoms. The standard InChI is InChI=1S/C90H63BN4/c1-90(2,3)64-29-25-28-59(53-64)60-50-61(52-63(51-60)88-75-40-15-13-38-73(75)87(58-26-7-4-8-27-58)74-39-14-16-41-76(74)88)62-54-85-89-86(55-62)93(66-32-11-6-12-33-66)84-57-68(95-81-44-23-19-36-71(81)72-37-20-24-45-82(72)95)47-49-78(84)91(89)77-48-46-67(56-83(77)92(85)65-30-9-5-10-31-65)94-79-42-21-17-34-69(79)70-35-18-22-43-80(70)94/h4-57H,1-3H3. The smallest absolute Gasteiger partial charge is 0.252 e. The van der Waals surface area contributed by atoms with Gasteiger partial charge in [0.2, 0.25) is 0 Å². The molecule has 2 aliphatic rings. The Kier molecular flexibility index (Phi) is 12.3. The van der Waals surface area contributed by atoms with Gasteiger partial charge in [0.15, 0.2) is 0 Å². The van der Waals surface area contributed by atoms with E-state index in [1.165, 1.54) is 109 Å². The summed E-state index contributed by atoms with van der Waals surface area (Å²) in [7, 11) is 0. The van der Waals surface area contributed by atoms with Crippen LogP contribution in [0.4, 0.5) is 34.1 Å². The Balaban J connectivity index is 0.931. The summed E-state index contributed by atoms with van der Waals surface area (Å²) in [5.74, 6) is 0. The van der Waals surface area contributed by atoms with Crippen LogP contribution >= 0.6 is 0 Å². The molecule has 0 aliphatic carbocycles. The van der Waals surface area contributed by atoms with Crippen LogP contribution in [0.3, 0.4) is 0 Å². The molecule has 2 aromatic heterocycles. The van der Waals surface area contributed by atoms with Crippen molar-refractivity contribution < 1.29 is 0 Å². The molecule has 0 saturated carbocycles. The summed E-state index contributed by atoms with van der Waals surface area (Å²) >= 11 is 0. The molecule has 2 aliphatic heterocycles. The van der Waals surface area contributed by atoms with Gasteiger partial charge in [-0.05, 0) is 197 Å². The molecular formula is C90H63BN4. The van der Waals surface area contributed by atoms with Crippen LogP contribution < -0.4 is 26.2 Å². The summed E-state index contributed by atoms with van der Waals surface area (Å²) in [6.07, 6.45) is 0. The number of rotatable bonds is 8. The molecule has 5 heteroatoms. The molecule has 0 N–H and O–H groups in total. The van der Waals surface area contributed by atoms with Crippen LogP contribution in [0, 0.1) is 0 Å². The third-order valence-electron chi connectivity index (χ3n) is 20.4. The number of anilines is 6. The number of fused-ring (bicyclic) bond motifs is 12. The third-order valence-corrected chi connectivity index (χ3v) is 20.4. The van der Waals surface area contributed by atoms with Gasteiger partial charge in [-0.2, -0.15) is 0 Å². The summed E-state index contributed by atoms with van der Waals surface area (Å²) in [5.41, 5.74) is 28.1. The highest BCUT2D eigenvalue weighted by atomic mass is 15.2. The van der Waals surface area contributed by atoms with Crippen LogP contribution in [0.5, 0.6) is 0 Å². The Morgan fingerprint density at radius 2 is 0.589 bits per heavy atom. The van der Waals surface area contributed by atoms with E-state index in [0.717, 1.165) is 67.8 Å². The van der Waals surface area contributed by atoms with Crippen molar-refractivity contribution in [1.29, 1.82) is 0 Å². The van der Waals surface area contributed by atoms with Crippen LogP contribution in [-0.2, 0) is 5.41 Å². The van der Waals surface area contributed by atoms with E-state index >= 15 is 0 Å². The SMILES string of the molecule is CC(C)(C)c1cccc(-c2cc(-c3cc4c5c(c3)N(c3ccccc3)c3cc(-n6c7ccccc7c7ccccc76)ccc3B5c3ccc(-n5c6ccccc6c6ccccc65)cc3N4c3ccccc3)cc(-c3c4ccccc4c(-c4ccccc4)c4ccccc34)c2)c1. The molecule has 0 fully saturated rings. The Bertz CT molecular complexity index is 5580. The number of hydrogen-bond donors (Lipinski definition) is 0. The molecule has 15 aromatic carbocycles. The van der Waals surface area contributed by atoms with Crippen molar-refractivity contribution in [3.05, 3.63) is 333 Å². The molecule has 0 atom stereocenters. The summed E-state index contributed by atoms with van der Waals surface area (Å²) in [6, 6.07) is 123. The van der Waals surface area contributed by atoms with Crippen molar-refractivity contribution in [3.8, 4) is 55.9 Å². The predicted octanol–water partition coefficient (Wildman–Crippen LogP) is 22.2. The highest BCUT2D eigenvalue weighted by Gasteiger charge is 2.44. The fourth-order valence-corrected chi connectivity index (χ4v) is 16.1. The first-order valence-electron chi connectivity index (χ1n) is 33.2. The van der Waals surface area contributed by atoms with Gasteiger partial charge in [-0.1, -0.05) is 245 Å². The van der Waals surface area contributed by atoms with Gasteiger partial charge in [-0.3, -0.25) is 0 Å². The van der Waals surface area contributed by atoms with E-state index in [-0.39, 0.29) is 12.1 Å². The maximum atomic E-state index is 2.58. The molecule has 4 heterocycles. The zero-order valence-corrected chi connectivity index (χ0v) is 53.0. The quantitative estimate of drug-likeness (QED) is 0.111. The van der Waals surface area contributed by atoms with Gasteiger partial charge < -0.3 is 18.9 Å². The van der Waals surface area contributed by atoms with E-state index in [4.69, 9.17) is 0 Å². The molecule has 4 nitrogen and oxygen atoms in total. The van der Waals surface area contributed by atoms with E-state index in [9.17, 15) is 0 Å². The summed E-state index contributed by atoms with van der Waals surface area (Å²) in [6.45, 7) is 6.80. The van der Waals surface area contributed by atoms with Gasteiger partial charge in [0.1, 0.15) is 0 Å². The Hall–Kier alpha value is -11.9. The first-order chi connectivity index (χ1) is 46.8. The van der Waals surface area contributed by atoms with Crippen molar-refractivity contribution in [3.63, 3.8) is 0 Å². The fourth-order valence-electron chi connectivity index (χ4n) is 16.1. The van der Waals surface area contributed by atoms with E-state index in [1.54, 1.807) is 0 Å². The van der Waals surface area contributed by atoms with Crippen molar-refractivity contribution >= 4 is 122 Å². The number of para-hydroxylation sites is 6. The lowest BCUT2D eigenvalue weighted by Crippen LogP contribution is -2.61. The third kappa shape index (κ3) is 8.55. The normalized spacial score (nSPS) is 12.7. The Labute approximate surface area is 553 Å². The Morgan fingerprint density at radius 3 is 1.02 bits per heavy atom. The van der Waals surface area contributed by atoms with E-state index < -0.39 is 0 Å². The van der Waals surface area contributed by atoms with Crippen molar-refractivity contribution in [1.82, 2.24) is 9.13 Å². The van der Waals surface area contributed by atoms with E-state index in [0.29, 0.717) is 0 Å². The monoisotopic (exact) mass is 1210 g/mol. The average Bonchev–Trinajstić information content (AvgIpc) is 1.14. The summed E-state index contributed by atoms with van der Waals surface area (Å²) in [5, 5.41) is 9.85. The first-order valence-corrected chi connectivity index (χ1v) is 33.2. The lowest BCUT2D eigenvalue weighted by Gasteiger charge is -2.44. The molecule has 0 radical (unpaired) electrons. The molecule has 446 valence electrons. The zero-order valence-electron chi connectivity index (χ0n) is 53.0. The van der Waals surface area contributed by atoms with Crippen molar-refractivity contribution in [2.45, 2.75) is 26.2 Å². The minimum absolute atomic E-state index is 0.0645. The zero-order chi connectivity index (χ0) is 63.0. The van der Waals surface area contributed by atoms with Crippen LogP contribution in [0.15, 0.2) is 328 Å². The van der Waals surface area contributed by atoms with E-state index in [2.05, 4.69) is 367 Å². The maximum Gasteiger partial charge on any atom is 0.252 e.